The van der Waals surface area contributed by atoms with Crippen LogP contribution in [0.2, 0.25) is 0 Å². The Labute approximate surface area is 276 Å². The standard InChI is InChI=1S/C45H29NO2/c1-26-34-25-40-36(30-11-4-7-15-39(30)46(40)28-19-21-44-38(23-28)32-13-6-9-17-42(32)48-44)24-35(34)29-10-2-3-14-33(29)45(26)27-18-20-43-37(22-27)31-12-5-8-16-41(31)47-43/h2-26,45H,1H3. The molecule has 3 aromatic heterocycles. The van der Waals surface area contributed by atoms with Gasteiger partial charge in [0.05, 0.1) is 11.0 Å². The number of hydrogen-bond donors (Lipinski definition) is 0. The minimum Gasteiger partial charge on any atom is -0.456 e. The summed E-state index contributed by atoms with van der Waals surface area (Å²) in [5, 5.41) is 7.15. The molecule has 0 saturated carbocycles. The zero-order valence-corrected chi connectivity index (χ0v) is 26.3. The van der Waals surface area contributed by atoms with E-state index in [9.17, 15) is 0 Å². The van der Waals surface area contributed by atoms with Gasteiger partial charge in [0.1, 0.15) is 22.3 Å². The van der Waals surface area contributed by atoms with Gasteiger partial charge < -0.3 is 13.4 Å². The van der Waals surface area contributed by atoms with E-state index in [2.05, 4.69) is 139 Å². The first-order chi connectivity index (χ1) is 23.7. The minimum absolute atomic E-state index is 0.204. The largest absolute Gasteiger partial charge is 0.456 e. The SMILES string of the molecule is CC1c2cc3c(cc2-c2ccccc2C1c1ccc2oc4ccccc4c2c1)c1ccccc1n3-c1ccc2oc3ccccc3c2c1. The molecule has 0 saturated heterocycles. The molecule has 0 bridgehead atoms. The monoisotopic (exact) mass is 615 g/mol. The molecule has 2 unspecified atom stereocenters. The van der Waals surface area contributed by atoms with E-state index in [-0.39, 0.29) is 11.8 Å². The normalized spacial score (nSPS) is 16.0. The third-order valence-corrected chi connectivity index (χ3v) is 10.8. The van der Waals surface area contributed by atoms with Crippen LogP contribution in [-0.4, -0.2) is 4.57 Å². The third-order valence-electron chi connectivity index (χ3n) is 10.8. The topological polar surface area (TPSA) is 31.2 Å². The fourth-order valence-electron chi connectivity index (χ4n) is 8.64. The van der Waals surface area contributed by atoms with Crippen LogP contribution in [0.5, 0.6) is 0 Å². The number of para-hydroxylation sites is 3. The molecule has 0 N–H and O–H groups in total. The molecular weight excluding hydrogens is 587 g/mol. The molecule has 11 rings (SSSR count). The summed E-state index contributed by atoms with van der Waals surface area (Å²) in [5.41, 5.74) is 14.0. The van der Waals surface area contributed by atoms with E-state index in [4.69, 9.17) is 8.83 Å². The van der Waals surface area contributed by atoms with Crippen LogP contribution in [0.1, 0.15) is 35.4 Å². The molecule has 0 fully saturated rings. The van der Waals surface area contributed by atoms with Gasteiger partial charge in [-0.05, 0) is 94.4 Å². The Morgan fingerprint density at radius 3 is 1.85 bits per heavy atom. The summed E-state index contributed by atoms with van der Waals surface area (Å²) in [5.74, 6) is 0.456. The fraction of sp³-hybridized carbons (Fsp3) is 0.0667. The van der Waals surface area contributed by atoms with Crippen LogP contribution >= 0.6 is 0 Å². The first-order valence-corrected chi connectivity index (χ1v) is 16.7. The molecule has 226 valence electrons. The summed E-state index contributed by atoms with van der Waals surface area (Å²) in [6.45, 7) is 2.40. The van der Waals surface area contributed by atoms with Crippen molar-refractivity contribution in [1.82, 2.24) is 4.57 Å². The molecule has 3 nitrogen and oxygen atoms in total. The molecule has 7 aromatic carbocycles. The lowest BCUT2D eigenvalue weighted by Crippen LogP contribution is -2.17. The Bertz CT molecular complexity index is 2930. The lowest BCUT2D eigenvalue weighted by molar-refractivity contribution is 0.648. The van der Waals surface area contributed by atoms with Gasteiger partial charge in [-0.15, -0.1) is 0 Å². The van der Waals surface area contributed by atoms with E-state index in [0.29, 0.717) is 0 Å². The van der Waals surface area contributed by atoms with Crippen molar-refractivity contribution in [2.75, 3.05) is 0 Å². The van der Waals surface area contributed by atoms with Crippen molar-refractivity contribution in [1.29, 1.82) is 0 Å². The minimum atomic E-state index is 0.204. The van der Waals surface area contributed by atoms with Gasteiger partial charge in [-0.1, -0.05) is 91.9 Å². The maximum absolute atomic E-state index is 6.22. The van der Waals surface area contributed by atoms with Crippen molar-refractivity contribution in [3.63, 3.8) is 0 Å². The van der Waals surface area contributed by atoms with Crippen LogP contribution in [0.3, 0.4) is 0 Å². The van der Waals surface area contributed by atoms with E-state index in [1.54, 1.807) is 0 Å². The van der Waals surface area contributed by atoms with Crippen LogP contribution < -0.4 is 0 Å². The number of nitrogens with zero attached hydrogens (tertiary/aromatic N) is 1. The highest BCUT2D eigenvalue weighted by molar-refractivity contribution is 6.12. The summed E-state index contributed by atoms with van der Waals surface area (Å²) < 4.78 is 14.9. The van der Waals surface area contributed by atoms with Crippen molar-refractivity contribution < 1.29 is 8.83 Å². The highest BCUT2D eigenvalue weighted by Gasteiger charge is 2.33. The van der Waals surface area contributed by atoms with Gasteiger partial charge in [0.25, 0.3) is 0 Å². The summed E-state index contributed by atoms with van der Waals surface area (Å²) >= 11 is 0. The fourth-order valence-corrected chi connectivity index (χ4v) is 8.64. The van der Waals surface area contributed by atoms with E-state index in [0.717, 1.165) is 38.8 Å². The Hall–Kier alpha value is -6.06. The Morgan fingerprint density at radius 1 is 0.438 bits per heavy atom. The number of hydrogen-bond acceptors (Lipinski definition) is 2. The van der Waals surface area contributed by atoms with Gasteiger partial charge in [0, 0.05) is 43.9 Å². The van der Waals surface area contributed by atoms with Gasteiger partial charge in [-0.3, -0.25) is 0 Å². The molecule has 3 heteroatoms. The van der Waals surface area contributed by atoms with E-state index < -0.39 is 0 Å². The third kappa shape index (κ3) is 3.48. The van der Waals surface area contributed by atoms with Crippen molar-refractivity contribution in [3.8, 4) is 16.8 Å². The highest BCUT2D eigenvalue weighted by Crippen LogP contribution is 2.52. The predicted molar refractivity (Wildman–Crippen MR) is 197 cm³/mol. The average molecular weight is 616 g/mol. The van der Waals surface area contributed by atoms with Crippen molar-refractivity contribution in [3.05, 3.63) is 162 Å². The molecule has 48 heavy (non-hydrogen) atoms. The molecule has 0 radical (unpaired) electrons. The van der Waals surface area contributed by atoms with Crippen LogP contribution in [0, 0.1) is 0 Å². The van der Waals surface area contributed by atoms with Crippen molar-refractivity contribution in [2.45, 2.75) is 18.8 Å². The Morgan fingerprint density at radius 2 is 1.06 bits per heavy atom. The second kappa shape index (κ2) is 9.49. The maximum Gasteiger partial charge on any atom is 0.135 e. The molecular formula is C45H29NO2. The number of rotatable bonds is 2. The van der Waals surface area contributed by atoms with E-state index in [1.807, 2.05) is 18.2 Å². The second-order valence-corrected chi connectivity index (χ2v) is 13.3. The number of benzene rings is 7. The van der Waals surface area contributed by atoms with Gasteiger partial charge in [-0.25, -0.2) is 0 Å². The lowest BCUT2D eigenvalue weighted by Gasteiger charge is -2.34. The van der Waals surface area contributed by atoms with E-state index in [1.165, 1.54) is 60.4 Å². The van der Waals surface area contributed by atoms with Gasteiger partial charge >= 0.3 is 0 Å². The van der Waals surface area contributed by atoms with Crippen LogP contribution in [0.25, 0.3) is 82.5 Å². The molecule has 1 aliphatic carbocycles. The predicted octanol–water partition coefficient (Wildman–Crippen LogP) is 12.5. The van der Waals surface area contributed by atoms with Crippen LogP contribution in [-0.2, 0) is 0 Å². The van der Waals surface area contributed by atoms with Gasteiger partial charge in [0.2, 0.25) is 0 Å². The maximum atomic E-state index is 6.22. The smallest absolute Gasteiger partial charge is 0.135 e. The summed E-state index contributed by atoms with van der Waals surface area (Å²) in [4.78, 5) is 0. The lowest BCUT2D eigenvalue weighted by atomic mass is 9.69. The molecule has 2 atom stereocenters. The molecule has 0 spiro atoms. The first-order valence-electron chi connectivity index (χ1n) is 16.7. The molecule has 0 aliphatic heterocycles. The van der Waals surface area contributed by atoms with Gasteiger partial charge in [0.15, 0.2) is 0 Å². The van der Waals surface area contributed by atoms with Crippen molar-refractivity contribution >= 4 is 65.7 Å². The van der Waals surface area contributed by atoms with Crippen LogP contribution in [0.4, 0.5) is 0 Å². The molecule has 10 aromatic rings. The number of furan rings is 2. The van der Waals surface area contributed by atoms with Crippen molar-refractivity contribution in [2.24, 2.45) is 0 Å². The first kappa shape index (κ1) is 26.1. The average Bonchev–Trinajstić information content (AvgIpc) is 3.80. The summed E-state index contributed by atoms with van der Waals surface area (Å²) in [6.07, 6.45) is 0. The highest BCUT2D eigenvalue weighted by atomic mass is 16.3. The zero-order chi connectivity index (χ0) is 31.5. The Kier molecular flexibility index (Phi) is 5.15. The molecule has 3 heterocycles. The number of fused-ring (bicyclic) bond motifs is 12. The quantitative estimate of drug-likeness (QED) is 0.194. The van der Waals surface area contributed by atoms with Gasteiger partial charge in [-0.2, -0.15) is 0 Å². The molecule has 0 amide bonds. The second-order valence-electron chi connectivity index (χ2n) is 13.3. The van der Waals surface area contributed by atoms with Crippen LogP contribution in [0.15, 0.2) is 154 Å². The number of aromatic nitrogens is 1. The molecule has 1 aliphatic rings. The Balaban J connectivity index is 1.16. The van der Waals surface area contributed by atoms with E-state index >= 15 is 0 Å². The summed E-state index contributed by atoms with van der Waals surface area (Å²) in [7, 11) is 0. The zero-order valence-electron chi connectivity index (χ0n) is 26.3. The summed E-state index contributed by atoms with van der Waals surface area (Å²) in [6, 6.07) is 52.8.